The van der Waals surface area contributed by atoms with E-state index in [1.807, 2.05) is 20.8 Å². The molecule has 0 saturated carbocycles. The van der Waals surface area contributed by atoms with Crippen molar-refractivity contribution in [3.8, 4) is 0 Å². The van der Waals surface area contributed by atoms with Crippen molar-refractivity contribution in [3.05, 3.63) is 0 Å². The van der Waals surface area contributed by atoms with Gasteiger partial charge in [-0.05, 0) is 17.8 Å². The Morgan fingerprint density at radius 1 is 1.44 bits per heavy atom. The van der Waals surface area contributed by atoms with Crippen LogP contribution < -0.4 is 17.0 Å². The Balaban J connectivity index is 4.35. The molecule has 0 aromatic carbocycles. The molecule has 5 heteroatoms. The average molecular weight is 229 g/mol. The van der Waals surface area contributed by atoms with Gasteiger partial charge in [0.15, 0.2) is 0 Å². The van der Waals surface area contributed by atoms with Crippen LogP contribution in [0.2, 0.25) is 0 Å². The van der Waals surface area contributed by atoms with Crippen molar-refractivity contribution in [1.82, 2.24) is 5.43 Å². The van der Waals surface area contributed by atoms with Crippen molar-refractivity contribution in [1.29, 1.82) is 0 Å². The number of hydrogen-bond donors (Lipinski definition) is 3. The molecule has 0 aromatic rings. The van der Waals surface area contributed by atoms with E-state index in [1.165, 1.54) is 0 Å². The van der Waals surface area contributed by atoms with Crippen LogP contribution in [0.4, 0.5) is 0 Å². The second-order valence-electron chi connectivity index (χ2n) is 4.89. The average Bonchev–Trinajstić information content (AvgIpc) is 2.15. The summed E-state index contributed by atoms with van der Waals surface area (Å²) in [4.78, 5) is 22.0. The van der Waals surface area contributed by atoms with Crippen LogP contribution in [0, 0.1) is 11.3 Å². The Bertz CT molecular complexity index is 256. The highest BCUT2D eigenvalue weighted by Crippen LogP contribution is 2.34. The van der Waals surface area contributed by atoms with Crippen molar-refractivity contribution < 1.29 is 9.59 Å². The highest BCUT2D eigenvalue weighted by molar-refractivity contribution is 5.76. The van der Waals surface area contributed by atoms with Gasteiger partial charge in [0.2, 0.25) is 11.8 Å². The van der Waals surface area contributed by atoms with Gasteiger partial charge in [-0.1, -0.05) is 27.2 Å². The molecule has 0 spiro atoms. The number of carbonyl (C=O) groups excluding carboxylic acids is 2. The van der Waals surface area contributed by atoms with Crippen LogP contribution in [0.3, 0.4) is 0 Å². The largest absolute Gasteiger partial charge is 0.370 e. The van der Waals surface area contributed by atoms with Crippen LogP contribution in [0.5, 0.6) is 0 Å². The SMILES string of the molecule is CCC(C)(CC(=O)NN)CC(C)CC(N)=O. The third-order valence-electron chi connectivity index (χ3n) is 2.99. The Morgan fingerprint density at radius 2 is 2.00 bits per heavy atom. The summed E-state index contributed by atoms with van der Waals surface area (Å²) in [6.45, 7) is 6.03. The third kappa shape index (κ3) is 5.70. The van der Waals surface area contributed by atoms with Gasteiger partial charge >= 0.3 is 0 Å². The minimum Gasteiger partial charge on any atom is -0.370 e. The molecule has 5 nitrogen and oxygen atoms in total. The zero-order valence-electron chi connectivity index (χ0n) is 10.4. The smallest absolute Gasteiger partial charge is 0.234 e. The fourth-order valence-corrected chi connectivity index (χ4v) is 2.04. The van der Waals surface area contributed by atoms with Crippen molar-refractivity contribution in [3.63, 3.8) is 0 Å². The fraction of sp³-hybridized carbons (Fsp3) is 0.818. The first-order valence-corrected chi connectivity index (χ1v) is 5.60. The van der Waals surface area contributed by atoms with Gasteiger partial charge in [-0.2, -0.15) is 0 Å². The number of amides is 2. The number of nitrogens with two attached hydrogens (primary N) is 2. The van der Waals surface area contributed by atoms with Gasteiger partial charge in [0, 0.05) is 12.8 Å². The number of nitrogens with one attached hydrogen (secondary N) is 1. The molecule has 2 unspecified atom stereocenters. The Kier molecular flexibility index (Phi) is 6.03. The first kappa shape index (κ1) is 14.9. The summed E-state index contributed by atoms with van der Waals surface area (Å²) in [7, 11) is 0. The molecule has 0 fully saturated rings. The van der Waals surface area contributed by atoms with Crippen molar-refractivity contribution in [2.45, 2.75) is 46.5 Å². The molecule has 0 radical (unpaired) electrons. The first-order valence-electron chi connectivity index (χ1n) is 5.60. The van der Waals surface area contributed by atoms with Crippen LogP contribution in [0.25, 0.3) is 0 Å². The van der Waals surface area contributed by atoms with E-state index >= 15 is 0 Å². The molecule has 0 aliphatic heterocycles. The number of carbonyl (C=O) groups is 2. The van der Waals surface area contributed by atoms with Crippen LogP contribution in [0.1, 0.15) is 46.5 Å². The van der Waals surface area contributed by atoms with Crippen LogP contribution in [-0.2, 0) is 9.59 Å². The van der Waals surface area contributed by atoms with E-state index < -0.39 is 0 Å². The number of hydrazine groups is 1. The fourth-order valence-electron chi connectivity index (χ4n) is 2.04. The van der Waals surface area contributed by atoms with E-state index in [9.17, 15) is 9.59 Å². The summed E-state index contributed by atoms with van der Waals surface area (Å²) < 4.78 is 0. The molecule has 5 N–H and O–H groups in total. The molecule has 2 amide bonds. The highest BCUT2D eigenvalue weighted by Gasteiger charge is 2.27. The number of rotatable bonds is 7. The Hall–Kier alpha value is -1.10. The summed E-state index contributed by atoms with van der Waals surface area (Å²) in [5, 5.41) is 0. The second-order valence-corrected chi connectivity index (χ2v) is 4.89. The molecule has 16 heavy (non-hydrogen) atoms. The lowest BCUT2D eigenvalue weighted by atomic mass is 9.75. The topological polar surface area (TPSA) is 98.2 Å². The molecule has 0 bridgehead atoms. The van der Waals surface area contributed by atoms with Gasteiger partial charge in [0.25, 0.3) is 0 Å². The van der Waals surface area contributed by atoms with Crippen LogP contribution in [-0.4, -0.2) is 11.8 Å². The van der Waals surface area contributed by atoms with Crippen LogP contribution >= 0.6 is 0 Å². The minimum absolute atomic E-state index is 0.127. The molecular formula is C11H23N3O2. The summed E-state index contributed by atoms with van der Waals surface area (Å²) in [5.41, 5.74) is 7.15. The van der Waals surface area contributed by atoms with E-state index in [0.717, 1.165) is 12.8 Å². The first-order chi connectivity index (χ1) is 7.33. The summed E-state index contributed by atoms with van der Waals surface area (Å²) in [5.74, 6) is 4.79. The standard InChI is InChI=1S/C11H23N3O2/c1-4-11(3,7-10(16)14-13)6-8(2)5-9(12)15/h8H,4-7,13H2,1-3H3,(H2,12,15)(H,14,16). The van der Waals surface area contributed by atoms with E-state index in [1.54, 1.807) is 0 Å². The molecular weight excluding hydrogens is 206 g/mol. The predicted molar refractivity (Wildman–Crippen MR) is 62.9 cm³/mol. The zero-order valence-corrected chi connectivity index (χ0v) is 10.4. The van der Waals surface area contributed by atoms with Crippen molar-refractivity contribution in [2.75, 3.05) is 0 Å². The molecule has 0 rings (SSSR count). The van der Waals surface area contributed by atoms with Gasteiger partial charge in [-0.15, -0.1) is 0 Å². The molecule has 0 heterocycles. The number of primary amides is 1. The van der Waals surface area contributed by atoms with E-state index in [0.29, 0.717) is 12.8 Å². The number of hydrogen-bond acceptors (Lipinski definition) is 3. The van der Waals surface area contributed by atoms with Crippen molar-refractivity contribution >= 4 is 11.8 Å². The summed E-state index contributed by atoms with van der Waals surface area (Å²) in [6, 6.07) is 0. The van der Waals surface area contributed by atoms with Gasteiger partial charge in [0.1, 0.15) is 0 Å². The predicted octanol–water partition coefficient (Wildman–Crippen LogP) is 0.684. The summed E-state index contributed by atoms with van der Waals surface area (Å²) >= 11 is 0. The lowest BCUT2D eigenvalue weighted by Gasteiger charge is -2.30. The van der Waals surface area contributed by atoms with Gasteiger partial charge < -0.3 is 5.73 Å². The van der Waals surface area contributed by atoms with Crippen molar-refractivity contribution in [2.24, 2.45) is 22.9 Å². The van der Waals surface area contributed by atoms with E-state index in [-0.39, 0.29) is 23.1 Å². The third-order valence-corrected chi connectivity index (χ3v) is 2.99. The zero-order chi connectivity index (χ0) is 12.8. The lowest BCUT2D eigenvalue weighted by molar-refractivity contribution is -0.123. The van der Waals surface area contributed by atoms with Gasteiger partial charge in [-0.25, -0.2) is 5.84 Å². The molecule has 0 saturated heterocycles. The minimum atomic E-state index is -0.297. The maximum Gasteiger partial charge on any atom is 0.234 e. The van der Waals surface area contributed by atoms with E-state index in [4.69, 9.17) is 11.6 Å². The normalized spacial score (nSPS) is 16.2. The molecule has 2 atom stereocenters. The lowest BCUT2D eigenvalue weighted by Crippen LogP contribution is -2.35. The molecule has 0 aliphatic rings. The quantitative estimate of drug-likeness (QED) is 0.340. The molecule has 0 aliphatic carbocycles. The highest BCUT2D eigenvalue weighted by atomic mass is 16.2. The maximum atomic E-state index is 11.3. The summed E-state index contributed by atoms with van der Waals surface area (Å²) in [6.07, 6.45) is 2.40. The van der Waals surface area contributed by atoms with E-state index in [2.05, 4.69) is 5.43 Å². The maximum absolute atomic E-state index is 11.3. The van der Waals surface area contributed by atoms with Crippen LogP contribution in [0.15, 0.2) is 0 Å². The van der Waals surface area contributed by atoms with Gasteiger partial charge in [0.05, 0.1) is 0 Å². The molecule has 94 valence electrons. The monoisotopic (exact) mass is 229 g/mol. The second kappa shape index (κ2) is 6.48. The van der Waals surface area contributed by atoms with Gasteiger partial charge in [-0.3, -0.25) is 15.0 Å². The Morgan fingerprint density at radius 3 is 2.38 bits per heavy atom. The Labute approximate surface area is 96.9 Å². The molecule has 0 aromatic heterocycles.